The molecule has 0 bridgehead atoms. The van der Waals surface area contributed by atoms with Crippen LogP contribution < -0.4 is 11.1 Å². The Morgan fingerprint density at radius 2 is 2.17 bits per heavy atom. The molecule has 0 saturated heterocycles. The summed E-state index contributed by atoms with van der Waals surface area (Å²) in [6.45, 7) is 2.54. The van der Waals surface area contributed by atoms with Crippen molar-refractivity contribution >= 4 is 11.7 Å². The lowest BCUT2D eigenvalue weighted by molar-refractivity contribution is -0.123. The Hall–Kier alpha value is -1.30. The highest BCUT2D eigenvalue weighted by Crippen LogP contribution is 2.32. The minimum absolute atomic E-state index is 0.0974. The van der Waals surface area contributed by atoms with Gasteiger partial charge < -0.3 is 21.0 Å². The van der Waals surface area contributed by atoms with E-state index in [-0.39, 0.29) is 18.2 Å². The monoisotopic (exact) mass is 257 g/mol. The first-order valence-electron chi connectivity index (χ1n) is 6.32. The molecule has 104 valence electrons. The van der Waals surface area contributed by atoms with Gasteiger partial charge in [-0.1, -0.05) is 12.1 Å². The van der Waals surface area contributed by atoms with E-state index in [1.807, 2.05) is 0 Å². The first kappa shape index (κ1) is 14.8. The number of carbonyl (C=O) groups excluding carboxylic acids is 1. The molecule has 0 radical (unpaired) electrons. The third kappa shape index (κ3) is 3.60. The molecule has 6 heteroatoms. The van der Waals surface area contributed by atoms with Gasteiger partial charge in [0.25, 0.3) is 0 Å². The molecule has 0 unspecified atom stereocenters. The molecule has 18 heavy (non-hydrogen) atoms. The van der Waals surface area contributed by atoms with Gasteiger partial charge in [-0.3, -0.25) is 4.79 Å². The van der Waals surface area contributed by atoms with E-state index in [1.165, 1.54) is 0 Å². The molecule has 1 fully saturated rings. The molecular formula is C12H23N3O3. The number of methoxy groups -OCH3 is 1. The van der Waals surface area contributed by atoms with Crippen molar-refractivity contribution in [3.8, 4) is 0 Å². The maximum Gasteiger partial charge on any atom is 0.223 e. The molecule has 1 aliphatic rings. The highest BCUT2D eigenvalue weighted by molar-refractivity contribution is 5.94. The molecule has 0 spiro atoms. The van der Waals surface area contributed by atoms with Gasteiger partial charge in [0.2, 0.25) is 5.91 Å². The van der Waals surface area contributed by atoms with Gasteiger partial charge in [-0.25, -0.2) is 0 Å². The Balaban J connectivity index is 2.70. The van der Waals surface area contributed by atoms with Crippen molar-refractivity contribution < 1.29 is 14.7 Å². The van der Waals surface area contributed by atoms with Gasteiger partial charge in [0.15, 0.2) is 5.84 Å². The normalized spacial score (nSPS) is 29.0. The van der Waals surface area contributed by atoms with Gasteiger partial charge in [0, 0.05) is 13.5 Å². The molecule has 1 amide bonds. The molecule has 4 N–H and O–H groups in total. The zero-order chi connectivity index (χ0) is 13.6. The van der Waals surface area contributed by atoms with Crippen molar-refractivity contribution in [2.45, 2.75) is 44.6 Å². The van der Waals surface area contributed by atoms with E-state index in [0.29, 0.717) is 25.4 Å². The molecular weight excluding hydrogens is 234 g/mol. The molecule has 1 rings (SSSR count). The zero-order valence-electron chi connectivity index (χ0n) is 11.1. The Kier molecular flexibility index (Phi) is 5.40. The summed E-state index contributed by atoms with van der Waals surface area (Å²) < 4.78 is 4.87. The van der Waals surface area contributed by atoms with E-state index in [4.69, 9.17) is 15.7 Å². The summed E-state index contributed by atoms with van der Waals surface area (Å²) in [6.07, 6.45) is 3.62. The maximum atomic E-state index is 11.8. The van der Waals surface area contributed by atoms with E-state index >= 15 is 0 Å². The quantitative estimate of drug-likeness (QED) is 0.294. The van der Waals surface area contributed by atoms with Gasteiger partial charge in [-0.2, -0.15) is 0 Å². The van der Waals surface area contributed by atoms with Gasteiger partial charge in [-0.05, 0) is 31.6 Å². The van der Waals surface area contributed by atoms with Gasteiger partial charge in [0.1, 0.15) is 5.54 Å². The van der Waals surface area contributed by atoms with Crippen LogP contribution in [0.2, 0.25) is 0 Å². The summed E-state index contributed by atoms with van der Waals surface area (Å²) in [6, 6.07) is 0. The first-order valence-corrected chi connectivity index (χ1v) is 6.32. The van der Waals surface area contributed by atoms with Crippen LogP contribution in [0.4, 0.5) is 0 Å². The summed E-state index contributed by atoms with van der Waals surface area (Å²) in [4.78, 5) is 11.8. The van der Waals surface area contributed by atoms with Crippen molar-refractivity contribution in [1.29, 1.82) is 0 Å². The first-order chi connectivity index (χ1) is 8.54. The number of nitrogens with two attached hydrogens (primary N) is 1. The number of amidine groups is 1. The number of nitrogens with one attached hydrogen (secondary N) is 1. The van der Waals surface area contributed by atoms with E-state index in [0.717, 1.165) is 12.8 Å². The second-order valence-corrected chi connectivity index (χ2v) is 5.04. The van der Waals surface area contributed by atoms with Crippen LogP contribution >= 0.6 is 0 Å². The fraction of sp³-hybridized carbons (Fsp3) is 0.833. The average molecular weight is 257 g/mol. The fourth-order valence-electron chi connectivity index (χ4n) is 2.32. The number of carbonyl (C=O) groups is 1. The number of oxime groups is 1. The molecule has 6 nitrogen and oxygen atoms in total. The molecule has 1 aliphatic carbocycles. The van der Waals surface area contributed by atoms with E-state index in [9.17, 15) is 4.79 Å². The molecule has 0 heterocycles. The van der Waals surface area contributed by atoms with Gasteiger partial charge >= 0.3 is 0 Å². The fourth-order valence-corrected chi connectivity index (χ4v) is 2.32. The van der Waals surface area contributed by atoms with Crippen LogP contribution in [0.25, 0.3) is 0 Å². The van der Waals surface area contributed by atoms with Crippen molar-refractivity contribution in [3.63, 3.8) is 0 Å². The van der Waals surface area contributed by atoms with Gasteiger partial charge in [-0.15, -0.1) is 0 Å². The summed E-state index contributed by atoms with van der Waals surface area (Å²) >= 11 is 0. The molecule has 0 aromatic carbocycles. The predicted octanol–water partition coefficient (Wildman–Crippen LogP) is 0.834. The third-order valence-electron chi connectivity index (χ3n) is 3.64. The van der Waals surface area contributed by atoms with Crippen LogP contribution in [-0.4, -0.2) is 36.2 Å². The van der Waals surface area contributed by atoms with Gasteiger partial charge in [0.05, 0.1) is 6.61 Å². The van der Waals surface area contributed by atoms with Crippen LogP contribution in [0.5, 0.6) is 0 Å². The van der Waals surface area contributed by atoms with Crippen LogP contribution in [0.1, 0.15) is 39.0 Å². The highest BCUT2D eigenvalue weighted by Gasteiger charge is 2.39. The Bertz CT molecular complexity index is 310. The number of ether oxygens (including phenoxy) is 1. The minimum atomic E-state index is -0.688. The van der Waals surface area contributed by atoms with Crippen LogP contribution in [0.3, 0.4) is 0 Å². The largest absolute Gasteiger partial charge is 0.409 e. The second kappa shape index (κ2) is 6.58. The van der Waals surface area contributed by atoms with Crippen molar-refractivity contribution in [3.05, 3.63) is 0 Å². The number of amides is 1. The SMILES string of the molecule is COCCC(=O)NC1(C(N)=NO)CCC(C)CC1. The number of hydrogen-bond acceptors (Lipinski definition) is 4. The second-order valence-electron chi connectivity index (χ2n) is 5.04. The lowest BCUT2D eigenvalue weighted by Crippen LogP contribution is -2.59. The number of nitrogens with zero attached hydrogens (tertiary/aromatic N) is 1. The maximum absolute atomic E-state index is 11.8. The van der Waals surface area contributed by atoms with E-state index < -0.39 is 5.54 Å². The summed E-state index contributed by atoms with van der Waals surface area (Å²) in [5, 5.41) is 14.9. The van der Waals surface area contributed by atoms with Crippen molar-refractivity contribution in [2.75, 3.05) is 13.7 Å². The predicted molar refractivity (Wildman–Crippen MR) is 68.4 cm³/mol. The van der Waals surface area contributed by atoms with Crippen molar-refractivity contribution in [1.82, 2.24) is 5.32 Å². The smallest absolute Gasteiger partial charge is 0.223 e. The van der Waals surface area contributed by atoms with Crippen LogP contribution in [-0.2, 0) is 9.53 Å². The Morgan fingerprint density at radius 3 is 2.67 bits per heavy atom. The minimum Gasteiger partial charge on any atom is -0.409 e. The summed E-state index contributed by atoms with van der Waals surface area (Å²) in [5.41, 5.74) is 5.07. The number of rotatable bonds is 5. The molecule has 0 aliphatic heterocycles. The van der Waals surface area contributed by atoms with E-state index in [2.05, 4.69) is 17.4 Å². The van der Waals surface area contributed by atoms with E-state index in [1.54, 1.807) is 7.11 Å². The Morgan fingerprint density at radius 1 is 1.56 bits per heavy atom. The molecule has 1 saturated carbocycles. The molecule has 0 atom stereocenters. The zero-order valence-corrected chi connectivity index (χ0v) is 11.1. The Labute approximate surface area is 108 Å². The topological polar surface area (TPSA) is 96.9 Å². The third-order valence-corrected chi connectivity index (χ3v) is 3.64. The summed E-state index contributed by atoms with van der Waals surface area (Å²) in [5.74, 6) is 0.582. The van der Waals surface area contributed by atoms with Crippen molar-refractivity contribution in [2.24, 2.45) is 16.8 Å². The molecule has 0 aromatic heterocycles. The number of hydrogen-bond donors (Lipinski definition) is 3. The summed E-state index contributed by atoms with van der Waals surface area (Å²) in [7, 11) is 1.55. The average Bonchev–Trinajstić information content (AvgIpc) is 2.38. The van der Waals surface area contributed by atoms with Crippen LogP contribution in [0, 0.1) is 5.92 Å². The standard InChI is InChI=1S/C12H23N3O3/c1-9-3-6-12(7-4-9,11(13)15-17)14-10(16)5-8-18-2/h9,17H,3-8H2,1-2H3,(H2,13,15)(H,14,16). The molecule has 0 aromatic rings. The lowest BCUT2D eigenvalue weighted by atomic mass is 9.76. The highest BCUT2D eigenvalue weighted by atomic mass is 16.5. The lowest BCUT2D eigenvalue weighted by Gasteiger charge is -2.39. The van der Waals surface area contributed by atoms with Crippen LogP contribution in [0.15, 0.2) is 5.16 Å².